The monoisotopic (exact) mass is 211 g/mol. The zero-order chi connectivity index (χ0) is 11.3. The van der Waals surface area contributed by atoms with Gasteiger partial charge >= 0.3 is 5.97 Å². The summed E-state index contributed by atoms with van der Waals surface area (Å²) in [6.07, 6.45) is 1.17. The molecule has 15 heavy (non-hydrogen) atoms. The molecule has 0 aromatic heterocycles. The van der Waals surface area contributed by atoms with E-state index in [1.54, 1.807) is 0 Å². The predicted molar refractivity (Wildman–Crippen MR) is 57.2 cm³/mol. The molecule has 0 aliphatic carbocycles. The Morgan fingerprint density at radius 1 is 1.67 bits per heavy atom. The number of hydrogen-bond acceptors (Lipinski definition) is 4. The van der Waals surface area contributed by atoms with Gasteiger partial charge in [0, 0.05) is 18.3 Å². The minimum absolute atomic E-state index is 0.0996. The van der Waals surface area contributed by atoms with Crippen molar-refractivity contribution >= 4 is 5.97 Å². The topological polar surface area (TPSA) is 47.6 Å². The van der Waals surface area contributed by atoms with Gasteiger partial charge < -0.3 is 14.8 Å². The lowest BCUT2D eigenvalue weighted by atomic mass is 9.87. The molecule has 0 unspecified atom stereocenters. The zero-order valence-electron chi connectivity index (χ0n) is 9.04. The highest BCUT2D eigenvalue weighted by Crippen LogP contribution is 2.27. The average Bonchev–Trinajstić information content (AvgIpc) is 2.14. The molecule has 0 bridgehead atoms. The quantitative estimate of drug-likeness (QED) is 0.523. The van der Waals surface area contributed by atoms with Gasteiger partial charge in [-0.3, -0.25) is 0 Å². The number of nitrogens with one attached hydrogen (secondary N) is 1. The first-order chi connectivity index (χ1) is 7.08. The average molecular weight is 211 g/mol. The van der Waals surface area contributed by atoms with E-state index in [1.165, 1.54) is 6.08 Å². The fourth-order valence-corrected chi connectivity index (χ4v) is 1.25. The van der Waals surface area contributed by atoms with Gasteiger partial charge in [0.1, 0.15) is 6.61 Å². The van der Waals surface area contributed by atoms with Gasteiger partial charge in [-0.1, -0.05) is 13.2 Å². The molecular formula is C11H17NO3. The molecule has 1 fully saturated rings. The third-order valence-electron chi connectivity index (χ3n) is 2.27. The van der Waals surface area contributed by atoms with Gasteiger partial charge in [-0.25, -0.2) is 4.79 Å². The molecule has 0 radical (unpaired) electrons. The molecule has 0 aromatic carbocycles. The van der Waals surface area contributed by atoms with E-state index in [2.05, 4.69) is 18.5 Å². The van der Waals surface area contributed by atoms with Crippen LogP contribution in [0.4, 0.5) is 0 Å². The maximum absolute atomic E-state index is 10.9. The van der Waals surface area contributed by atoms with Gasteiger partial charge in [-0.05, 0) is 6.92 Å². The van der Waals surface area contributed by atoms with Crippen molar-refractivity contribution in [1.29, 1.82) is 0 Å². The first kappa shape index (κ1) is 11.8. The lowest BCUT2D eigenvalue weighted by molar-refractivity contribution is -0.163. The summed E-state index contributed by atoms with van der Waals surface area (Å²) in [5.41, 5.74) is 0.800. The van der Waals surface area contributed by atoms with Crippen LogP contribution in [0.25, 0.3) is 0 Å². The van der Waals surface area contributed by atoms with Crippen molar-refractivity contribution in [3.8, 4) is 0 Å². The smallest absolute Gasteiger partial charge is 0.330 e. The minimum atomic E-state index is -0.392. The van der Waals surface area contributed by atoms with Gasteiger partial charge in [-0.2, -0.15) is 0 Å². The van der Waals surface area contributed by atoms with Crippen molar-refractivity contribution in [2.45, 2.75) is 6.92 Å². The summed E-state index contributed by atoms with van der Waals surface area (Å²) in [7, 11) is 0. The molecule has 1 aliphatic heterocycles. The zero-order valence-corrected chi connectivity index (χ0v) is 9.04. The van der Waals surface area contributed by atoms with Gasteiger partial charge in [0.05, 0.1) is 18.6 Å². The number of rotatable bonds is 6. The molecule has 1 N–H and O–H groups in total. The van der Waals surface area contributed by atoms with E-state index in [-0.39, 0.29) is 5.41 Å². The lowest BCUT2D eigenvalue weighted by Crippen LogP contribution is -2.52. The second-order valence-corrected chi connectivity index (χ2v) is 3.94. The van der Waals surface area contributed by atoms with E-state index in [0.29, 0.717) is 26.4 Å². The van der Waals surface area contributed by atoms with Crippen LogP contribution in [0.3, 0.4) is 0 Å². The molecule has 4 nitrogen and oxygen atoms in total. The molecule has 1 aliphatic rings. The van der Waals surface area contributed by atoms with Crippen molar-refractivity contribution in [3.05, 3.63) is 24.9 Å². The van der Waals surface area contributed by atoms with E-state index in [1.807, 2.05) is 6.92 Å². The Morgan fingerprint density at radius 2 is 2.33 bits per heavy atom. The normalized spacial score (nSPS) is 17.4. The molecule has 0 aromatic rings. The highest BCUT2D eigenvalue weighted by Gasteiger charge is 2.39. The summed E-state index contributed by atoms with van der Waals surface area (Å²) in [6.45, 7) is 11.3. The molecule has 0 amide bonds. The summed E-state index contributed by atoms with van der Waals surface area (Å²) in [6, 6.07) is 0. The highest BCUT2D eigenvalue weighted by atomic mass is 16.5. The number of hydrogen-bond donors (Lipinski definition) is 1. The van der Waals surface area contributed by atoms with E-state index < -0.39 is 5.97 Å². The van der Waals surface area contributed by atoms with Gasteiger partial charge in [0.2, 0.25) is 0 Å². The van der Waals surface area contributed by atoms with Crippen LogP contribution in [-0.4, -0.2) is 32.3 Å². The first-order valence-electron chi connectivity index (χ1n) is 4.84. The van der Waals surface area contributed by atoms with E-state index in [4.69, 9.17) is 9.47 Å². The molecule has 0 saturated carbocycles. The van der Waals surface area contributed by atoms with Gasteiger partial charge in [0.15, 0.2) is 0 Å². The molecular weight excluding hydrogens is 194 g/mol. The highest BCUT2D eigenvalue weighted by molar-refractivity contribution is 5.81. The van der Waals surface area contributed by atoms with Crippen molar-refractivity contribution in [2.75, 3.05) is 26.4 Å². The number of esters is 1. The molecule has 1 saturated heterocycles. The Kier molecular flexibility index (Phi) is 3.91. The molecule has 4 heteroatoms. The summed E-state index contributed by atoms with van der Waals surface area (Å²) < 4.78 is 10.2. The van der Waals surface area contributed by atoms with Crippen molar-refractivity contribution < 1.29 is 14.3 Å². The van der Waals surface area contributed by atoms with Crippen LogP contribution < -0.4 is 5.32 Å². The van der Waals surface area contributed by atoms with Crippen LogP contribution in [0.2, 0.25) is 0 Å². The summed E-state index contributed by atoms with van der Waals surface area (Å²) in [5.74, 6) is -0.392. The van der Waals surface area contributed by atoms with Crippen molar-refractivity contribution in [2.24, 2.45) is 5.41 Å². The van der Waals surface area contributed by atoms with Crippen LogP contribution in [0.5, 0.6) is 0 Å². The summed E-state index contributed by atoms with van der Waals surface area (Å²) >= 11 is 0. The second kappa shape index (κ2) is 4.98. The number of allylic oxidation sites excluding steroid dienone is 1. The number of carbonyl (C=O) groups excluding carboxylic acids is 1. The van der Waals surface area contributed by atoms with Gasteiger partial charge in [-0.15, -0.1) is 0 Å². The van der Waals surface area contributed by atoms with Crippen molar-refractivity contribution in [3.63, 3.8) is 0 Å². The van der Waals surface area contributed by atoms with Crippen LogP contribution in [0.1, 0.15) is 6.92 Å². The van der Waals surface area contributed by atoms with Crippen LogP contribution in [-0.2, 0) is 14.3 Å². The SMILES string of the molecule is C=CC(=O)OCC1(CNC(=C)C)COC1. The Morgan fingerprint density at radius 3 is 2.73 bits per heavy atom. The molecule has 0 spiro atoms. The summed E-state index contributed by atoms with van der Waals surface area (Å²) in [5, 5.41) is 3.14. The first-order valence-corrected chi connectivity index (χ1v) is 4.84. The molecule has 0 atom stereocenters. The van der Waals surface area contributed by atoms with Crippen LogP contribution in [0.15, 0.2) is 24.9 Å². The van der Waals surface area contributed by atoms with Crippen molar-refractivity contribution in [1.82, 2.24) is 5.32 Å². The fraction of sp³-hybridized carbons (Fsp3) is 0.545. The fourth-order valence-electron chi connectivity index (χ4n) is 1.25. The Hall–Kier alpha value is -1.29. The van der Waals surface area contributed by atoms with E-state index in [0.717, 1.165) is 5.70 Å². The Labute approximate surface area is 89.9 Å². The number of carbonyl (C=O) groups is 1. The van der Waals surface area contributed by atoms with Gasteiger partial charge in [0.25, 0.3) is 0 Å². The van der Waals surface area contributed by atoms with E-state index >= 15 is 0 Å². The summed E-state index contributed by atoms with van der Waals surface area (Å²) in [4.78, 5) is 10.9. The lowest BCUT2D eigenvalue weighted by Gasteiger charge is -2.40. The minimum Gasteiger partial charge on any atom is -0.462 e. The van der Waals surface area contributed by atoms with Crippen LogP contribution >= 0.6 is 0 Å². The largest absolute Gasteiger partial charge is 0.462 e. The maximum Gasteiger partial charge on any atom is 0.330 e. The Balaban J connectivity index is 2.35. The maximum atomic E-state index is 10.9. The Bertz CT molecular complexity index is 269. The second-order valence-electron chi connectivity index (χ2n) is 3.94. The van der Waals surface area contributed by atoms with E-state index in [9.17, 15) is 4.79 Å². The standard InChI is InChI=1S/C11H17NO3/c1-4-10(13)15-8-11(6-14-7-11)5-12-9(2)3/h4,12H,1-2,5-8H2,3H3. The molecule has 84 valence electrons. The van der Waals surface area contributed by atoms with Crippen LogP contribution in [0, 0.1) is 5.41 Å². The third kappa shape index (κ3) is 3.40. The third-order valence-corrected chi connectivity index (χ3v) is 2.27. The predicted octanol–water partition coefficient (Wildman–Crippen LogP) is 0.855. The number of ether oxygens (including phenoxy) is 2. The molecule has 1 heterocycles. The molecule has 1 rings (SSSR count).